The molecule has 1 aliphatic heterocycles. The molecule has 2 fully saturated rings. The van der Waals surface area contributed by atoms with E-state index in [-0.39, 0.29) is 17.8 Å². The normalized spacial score (nSPS) is 15.7. The quantitative estimate of drug-likeness (QED) is 0.234. The third kappa shape index (κ3) is 7.71. The van der Waals surface area contributed by atoms with E-state index in [1.807, 2.05) is 26.8 Å². The largest absolute Gasteiger partial charge is 0.504 e. The Kier molecular flexibility index (Phi) is 8.88. The summed E-state index contributed by atoms with van der Waals surface area (Å²) in [5.74, 6) is 2.57. The number of ether oxygens (including phenoxy) is 3. The van der Waals surface area contributed by atoms with Gasteiger partial charge in [0.25, 0.3) is 0 Å². The van der Waals surface area contributed by atoms with Gasteiger partial charge in [0.05, 0.1) is 18.7 Å². The topological polar surface area (TPSA) is 82.3 Å². The molecular weight excluding hydrogens is 554 g/mol. The van der Waals surface area contributed by atoms with Gasteiger partial charge < -0.3 is 19.1 Å². The molecule has 1 amide bonds. The number of ketones is 1. The van der Waals surface area contributed by atoms with Crippen LogP contribution in [0.1, 0.15) is 58.4 Å². The summed E-state index contributed by atoms with van der Waals surface area (Å²) >= 11 is 6.50. The third-order valence-electron chi connectivity index (χ3n) is 7.50. The fourth-order valence-electron chi connectivity index (χ4n) is 5.04. The number of rotatable bonds is 9. The van der Waals surface area contributed by atoms with E-state index in [1.54, 1.807) is 41.4 Å². The highest BCUT2D eigenvalue weighted by atomic mass is 35.5. The van der Waals surface area contributed by atoms with Gasteiger partial charge >= 0.3 is 6.09 Å². The van der Waals surface area contributed by atoms with Crippen LogP contribution in [0.25, 0.3) is 15.7 Å². The molecule has 0 bridgehead atoms. The van der Waals surface area contributed by atoms with E-state index in [9.17, 15) is 9.59 Å². The average molecular weight is 590 g/mol. The molecule has 2 aliphatic rings. The molecule has 0 unspecified atom stereocenters. The molecule has 2 heterocycles. The van der Waals surface area contributed by atoms with Crippen molar-refractivity contribution in [2.24, 2.45) is 11.8 Å². The Morgan fingerprint density at radius 1 is 1.05 bits per heavy atom. The first-order chi connectivity index (χ1) is 20.1. The molecule has 0 radical (unpaired) electrons. The number of hydrogen-bond acceptors (Lipinski definition) is 6. The lowest BCUT2D eigenvalue weighted by Gasteiger charge is -2.33. The standard InChI is InChI=1S/C33H36ClN3O5/c1-33(2,3)42-32(39)37-13-10-22(11-14-37)20-40-31-19-28-26(18-29(31)35-4)30(9-12-36-28)41-25-8-7-23(27(34)17-25)16-24(38)15-21-5-6-21/h7-9,12,17-19,21-22H,5-6,10-11,13-16,20H2,1-3H3. The lowest BCUT2D eigenvalue weighted by atomic mass is 9.98. The van der Waals surface area contributed by atoms with Gasteiger partial charge in [0.15, 0.2) is 0 Å². The predicted molar refractivity (Wildman–Crippen MR) is 162 cm³/mol. The highest BCUT2D eigenvalue weighted by Crippen LogP contribution is 2.39. The van der Waals surface area contributed by atoms with E-state index in [4.69, 9.17) is 32.4 Å². The highest BCUT2D eigenvalue weighted by Gasteiger charge is 2.27. The number of nitrogens with zero attached hydrogens (tertiary/aromatic N) is 3. The minimum absolute atomic E-state index is 0.212. The number of carbonyl (C=O) groups excluding carboxylic acids is 2. The SMILES string of the molecule is [C-]#[N+]c1cc2c(Oc3ccc(CC(=O)CC4CC4)c(Cl)c3)ccnc2cc1OCC1CCN(C(=O)OC(C)(C)C)CC1. The summed E-state index contributed by atoms with van der Waals surface area (Å²) in [6.45, 7) is 15.0. The van der Waals surface area contributed by atoms with E-state index in [1.165, 1.54) is 0 Å². The number of benzene rings is 2. The van der Waals surface area contributed by atoms with Gasteiger partial charge in [-0.15, -0.1) is 0 Å². The van der Waals surface area contributed by atoms with Crippen molar-refractivity contribution in [2.75, 3.05) is 19.7 Å². The van der Waals surface area contributed by atoms with Crippen LogP contribution in [0.15, 0.2) is 42.6 Å². The van der Waals surface area contributed by atoms with Crippen LogP contribution in [-0.4, -0.2) is 47.1 Å². The van der Waals surface area contributed by atoms with E-state index < -0.39 is 5.60 Å². The van der Waals surface area contributed by atoms with Gasteiger partial charge in [-0.3, -0.25) is 9.78 Å². The number of halogens is 1. The summed E-state index contributed by atoms with van der Waals surface area (Å²) in [6.07, 6.45) is 6.20. The zero-order valence-electron chi connectivity index (χ0n) is 24.3. The van der Waals surface area contributed by atoms with Crippen LogP contribution in [0.5, 0.6) is 17.2 Å². The second-order valence-electron chi connectivity index (χ2n) is 12.2. The smallest absolute Gasteiger partial charge is 0.410 e. The Labute approximate surface area is 251 Å². The number of piperidine rings is 1. The lowest BCUT2D eigenvalue weighted by Crippen LogP contribution is -2.42. The molecule has 2 aromatic carbocycles. The third-order valence-corrected chi connectivity index (χ3v) is 7.85. The van der Waals surface area contributed by atoms with Gasteiger partial charge in [0.1, 0.15) is 28.6 Å². The van der Waals surface area contributed by atoms with E-state index >= 15 is 0 Å². The lowest BCUT2D eigenvalue weighted by molar-refractivity contribution is -0.118. The van der Waals surface area contributed by atoms with Gasteiger partial charge in [-0.05, 0) is 94.2 Å². The van der Waals surface area contributed by atoms with Crippen molar-refractivity contribution < 1.29 is 23.8 Å². The zero-order valence-corrected chi connectivity index (χ0v) is 25.1. The molecule has 5 rings (SSSR count). The van der Waals surface area contributed by atoms with E-state index in [2.05, 4.69) is 9.83 Å². The van der Waals surface area contributed by atoms with Crippen LogP contribution in [0.2, 0.25) is 5.02 Å². The van der Waals surface area contributed by atoms with Gasteiger partial charge in [-0.2, -0.15) is 0 Å². The van der Waals surface area contributed by atoms with Gasteiger partial charge in [-0.25, -0.2) is 9.64 Å². The highest BCUT2D eigenvalue weighted by molar-refractivity contribution is 6.31. The van der Waals surface area contributed by atoms with E-state index in [0.29, 0.717) is 77.3 Å². The maximum Gasteiger partial charge on any atom is 0.410 e. The Balaban J connectivity index is 1.23. The minimum atomic E-state index is -0.518. The average Bonchev–Trinajstić information content (AvgIpc) is 3.76. The van der Waals surface area contributed by atoms with E-state index in [0.717, 1.165) is 31.2 Å². The summed E-state index contributed by atoms with van der Waals surface area (Å²) in [4.78, 5) is 34.6. The number of amides is 1. The summed E-state index contributed by atoms with van der Waals surface area (Å²) in [5, 5.41) is 1.17. The van der Waals surface area contributed by atoms with Crippen molar-refractivity contribution in [1.82, 2.24) is 9.88 Å². The van der Waals surface area contributed by atoms with Crippen LogP contribution in [0, 0.1) is 18.4 Å². The monoisotopic (exact) mass is 589 g/mol. The number of likely N-dealkylation sites (tertiary alicyclic amines) is 1. The van der Waals surface area contributed by atoms with Gasteiger partial charge in [-0.1, -0.05) is 17.7 Å². The van der Waals surface area contributed by atoms with Crippen molar-refractivity contribution in [2.45, 2.75) is 64.9 Å². The van der Waals surface area contributed by atoms with Crippen LogP contribution in [0.3, 0.4) is 0 Å². The second-order valence-corrected chi connectivity index (χ2v) is 12.6. The summed E-state index contributed by atoms with van der Waals surface area (Å²) in [6, 6.07) is 10.6. The maximum absolute atomic E-state index is 12.4. The molecule has 1 saturated heterocycles. The molecule has 1 aliphatic carbocycles. The van der Waals surface area contributed by atoms with Gasteiger partial charge in [0, 0.05) is 42.5 Å². The Morgan fingerprint density at radius 3 is 2.48 bits per heavy atom. The minimum Gasteiger partial charge on any atom is -0.504 e. The van der Waals surface area contributed by atoms with Crippen LogP contribution in [-0.2, 0) is 16.0 Å². The molecule has 3 aromatic rings. The molecule has 0 spiro atoms. The Morgan fingerprint density at radius 2 is 1.81 bits per heavy atom. The van der Waals surface area contributed by atoms with Crippen LogP contribution in [0.4, 0.5) is 10.5 Å². The summed E-state index contributed by atoms with van der Waals surface area (Å²) in [7, 11) is 0. The Bertz CT molecular complexity index is 1510. The Hall–Kier alpha value is -3.83. The molecule has 9 heteroatoms. The van der Waals surface area contributed by atoms with Crippen molar-refractivity contribution in [3.05, 3.63) is 64.6 Å². The first kappa shape index (κ1) is 29.7. The fourth-order valence-corrected chi connectivity index (χ4v) is 5.27. The van der Waals surface area contributed by atoms with Crippen molar-refractivity contribution in [3.63, 3.8) is 0 Å². The molecule has 220 valence electrons. The number of pyridine rings is 1. The molecule has 1 aromatic heterocycles. The van der Waals surface area contributed by atoms with Crippen molar-refractivity contribution in [1.29, 1.82) is 0 Å². The van der Waals surface area contributed by atoms with Crippen molar-refractivity contribution >= 4 is 40.1 Å². The molecule has 1 saturated carbocycles. The molecule has 42 heavy (non-hydrogen) atoms. The van der Waals surface area contributed by atoms with Crippen molar-refractivity contribution in [3.8, 4) is 17.2 Å². The predicted octanol–water partition coefficient (Wildman–Crippen LogP) is 8.17. The number of carbonyl (C=O) groups is 2. The first-order valence-corrected chi connectivity index (χ1v) is 14.8. The number of hydrogen-bond donors (Lipinski definition) is 0. The van der Waals surface area contributed by atoms with Gasteiger partial charge in [0.2, 0.25) is 5.69 Å². The number of fused-ring (bicyclic) bond motifs is 1. The second kappa shape index (κ2) is 12.6. The molecular formula is C33H36ClN3O5. The number of Topliss-reactive ketones (excluding diaryl/α,β-unsaturated/α-hetero) is 1. The summed E-state index contributed by atoms with van der Waals surface area (Å²) in [5.41, 5.74) is 1.29. The molecule has 8 nitrogen and oxygen atoms in total. The first-order valence-electron chi connectivity index (χ1n) is 14.5. The zero-order chi connectivity index (χ0) is 29.9. The van der Waals surface area contributed by atoms with Crippen LogP contribution >= 0.6 is 11.6 Å². The maximum atomic E-state index is 12.4. The summed E-state index contributed by atoms with van der Waals surface area (Å²) < 4.78 is 17.8. The number of aromatic nitrogens is 1. The fraction of sp³-hybridized carbons (Fsp3) is 0.455. The molecule has 0 atom stereocenters. The molecule has 0 N–H and O–H groups in total. The van der Waals surface area contributed by atoms with Crippen LogP contribution < -0.4 is 9.47 Å².